The number of thiazole rings is 1. The Hall–Kier alpha value is -1.46. The smallest absolute Gasteiger partial charge is 0.185 e. The van der Waals surface area contributed by atoms with Gasteiger partial charge in [0.1, 0.15) is 5.82 Å². The van der Waals surface area contributed by atoms with Gasteiger partial charge in [-0.15, -0.1) is 11.3 Å². The number of benzene rings is 1. The molecular formula is C16H19FN2OS. The second-order valence-corrected chi connectivity index (χ2v) is 6.27. The number of halogens is 1. The second-order valence-electron chi connectivity index (χ2n) is 5.43. The van der Waals surface area contributed by atoms with Crippen LogP contribution in [0.5, 0.6) is 0 Å². The first-order valence-electron chi connectivity index (χ1n) is 7.21. The lowest BCUT2D eigenvalue weighted by molar-refractivity contribution is 0.143. The van der Waals surface area contributed by atoms with Gasteiger partial charge in [0, 0.05) is 31.1 Å². The first-order valence-corrected chi connectivity index (χ1v) is 8.09. The van der Waals surface area contributed by atoms with Crippen molar-refractivity contribution in [3.63, 3.8) is 0 Å². The van der Waals surface area contributed by atoms with Gasteiger partial charge in [0.2, 0.25) is 0 Å². The zero-order valence-electron chi connectivity index (χ0n) is 12.1. The molecule has 3 nitrogen and oxygen atoms in total. The fourth-order valence-corrected chi connectivity index (χ4v) is 3.65. The predicted molar refractivity (Wildman–Crippen MR) is 84.3 cm³/mol. The zero-order valence-corrected chi connectivity index (χ0v) is 12.9. The number of aromatic nitrogens is 1. The molecule has 1 aliphatic heterocycles. The summed E-state index contributed by atoms with van der Waals surface area (Å²) in [5.41, 5.74) is 1.88. The highest BCUT2D eigenvalue weighted by Gasteiger charge is 2.22. The molecule has 1 unspecified atom stereocenters. The van der Waals surface area contributed by atoms with E-state index in [4.69, 9.17) is 9.72 Å². The number of methoxy groups -OCH3 is 1. The van der Waals surface area contributed by atoms with Gasteiger partial charge in [0.15, 0.2) is 5.13 Å². The molecule has 0 saturated carbocycles. The Morgan fingerprint density at radius 1 is 1.38 bits per heavy atom. The average molecular weight is 306 g/mol. The summed E-state index contributed by atoms with van der Waals surface area (Å²) in [6.45, 7) is 2.87. The van der Waals surface area contributed by atoms with Crippen molar-refractivity contribution in [1.82, 2.24) is 4.98 Å². The number of piperidine rings is 1. The molecule has 112 valence electrons. The lowest BCUT2D eigenvalue weighted by Crippen LogP contribution is -2.37. The molecule has 2 aromatic rings. The molecule has 1 aromatic carbocycles. The molecule has 0 N–H and O–H groups in total. The number of hydrogen-bond donors (Lipinski definition) is 0. The minimum Gasteiger partial charge on any atom is -0.384 e. The third-order valence-electron chi connectivity index (χ3n) is 3.82. The maximum atomic E-state index is 13.0. The molecule has 0 spiro atoms. The van der Waals surface area contributed by atoms with E-state index in [0.29, 0.717) is 5.92 Å². The van der Waals surface area contributed by atoms with Crippen LogP contribution in [0.2, 0.25) is 0 Å². The first-order chi connectivity index (χ1) is 10.3. The van der Waals surface area contributed by atoms with Gasteiger partial charge in [0.25, 0.3) is 0 Å². The van der Waals surface area contributed by atoms with E-state index in [0.717, 1.165) is 36.1 Å². The number of hydrogen-bond acceptors (Lipinski definition) is 4. The van der Waals surface area contributed by atoms with E-state index >= 15 is 0 Å². The predicted octanol–water partition coefficient (Wildman–Crippen LogP) is 3.81. The minimum absolute atomic E-state index is 0.215. The van der Waals surface area contributed by atoms with Gasteiger partial charge in [-0.05, 0) is 43.0 Å². The van der Waals surface area contributed by atoms with Crippen LogP contribution >= 0.6 is 11.3 Å². The van der Waals surface area contributed by atoms with Crippen molar-refractivity contribution in [2.45, 2.75) is 12.8 Å². The summed E-state index contributed by atoms with van der Waals surface area (Å²) in [6, 6.07) is 6.50. The van der Waals surface area contributed by atoms with Gasteiger partial charge >= 0.3 is 0 Å². The SMILES string of the molecule is COCC1CCCN(c2nc(-c3ccc(F)cc3)cs2)C1. The number of rotatable bonds is 4. The molecule has 1 aromatic heterocycles. The average Bonchev–Trinajstić information content (AvgIpc) is 2.98. The Morgan fingerprint density at radius 2 is 2.19 bits per heavy atom. The topological polar surface area (TPSA) is 25.4 Å². The van der Waals surface area contributed by atoms with Crippen molar-refractivity contribution in [2.75, 3.05) is 31.7 Å². The fraction of sp³-hybridized carbons (Fsp3) is 0.438. The quantitative estimate of drug-likeness (QED) is 0.859. The highest BCUT2D eigenvalue weighted by atomic mass is 32.1. The summed E-state index contributed by atoms with van der Waals surface area (Å²) >= 11 is 1.66. The molecule has 5 heteroatoms. The Labute approximate surface area is 128 Å². The van der Waals surface area contributed by atoms with E-state index in [2.05, 4.69) is 4.90 Å². The molecule has 0 radical (unpaired) electrons. The first kappa shape index (κ1) is 14.5. The van der Waals surface area contributed by atoms with Crippen molar-refractivity contribution in [1.29, 1.82) is 0 Å². The van der Waals surface area contributed by atoms with E-state index in [1.807, 2.05) is 5.38 Å². The minimum atomic E-state index is -0.215. The van der Waals surface area contributed by atoms with Gasteiger partial charge in [-0.25, -0.2) is 9.37 Å². The van der Waals surface area contributed by atoms with Crippen LogP contribution < -0.4 is 4.90 Å². The molecule has 0 bridgehead atoms. The zero-order chi connectivity index (χ0) is 14.7. The standard InChI is InChI=1S/C16H19FN2OS/c1-20-10-12-3-2-8-19(9-12)16-18-15(11-21-16)13-4-6-14(17)7-5-13/h4-7,11-12H,2-3,8-10H2,1H3. The summed E-state index contributed by atoms with van der Waals surface area (Å²) in [5, 5.41) is 3.10. The Bertz CT molecular complexity index is 582. The summed E-state index contributed by atoms with van der Waals surface area (Å²) in [4.78, 5) is 7.05. The second kappa shape index (κ2) is 6.54. The molecular weight excluding hydrogens is 287 g/mol. The Morgan fingerprint density at radius 3 is 2.95 bits per heavy atom. The third kappa shape index (κ3) is 3.41. The van der Waals surface area contributed by atoms with Crippen LogP contribution in [-0.2, 0) is 4.74 Å². The molecule has 1 aliphatic rings. The molecule has 0 aliphatic carbocycles. The summed E-state index contributed by atoms with van der Waals surface area (Å²) in [6.07, 6.45) is 2.40. The monoisotopic (exact) mass is 306 g/mol. The molecule has 1 fully saturated rings. The fourth-order valence-electron chi connectivity index (χ4n) is 2.77. The highest BCUT2D eigenvalue weighted by Crippen LogP contribution is 2.30. The Kier molecular flexibility index (Phi) is 4.51. The van der Waals surface area contributed by atoms with Crippen LogP contribution in [0, 0.1) is 11.7 Å². The van der Waals surface area contributed by atoms with E-state index in [-0.39, 0.29) is 5.82 Å². The number of anilines is 1. The molecule has 0 amide bonds. The van der Waals surface area contributed by atoms with Crippen LogP contribution in [0.3, 0.4) is 0 Å². The maximum Gasteiger partial charge on any atom is 0.185 e. The van der Waals surface area contributed by atoms with E-state index in [9.17, 15) is 4.39 Å². The van der Waals surface area contributed by atoms with Gasteiger partial charge < -0.3 is 9.64 Å². The van der Waals surface area contributed by atoms with Gasteiger partial charge in [-0.3, -0.25) is 0 Å². The molecule has 1 saturated heterocycles. The highest BCUT2D eigenvalue weighted by molar-refractivity contribution is 7.14. The van der Waals surface area contributed by atoms with Gasteiger partial charge in [-0.2, -0.15) is 0 Å². The van der Waals surface area contributed by atoms with E-state index in [1.54, 1.807) is 30.6 Å². The van der Waals surface area contributed by atoms with Crippen LogP contribution in [-0.4, -0.2) is 31.8 Å². The van der Waals surface area contributed by atoms with Crippen LogP contribution in [0.25, 0.3) is 11.3 Å². The summed E-state index contributed by atoms with van der Waals surface area (Å²) in [5.74, 6) is 0.370. The van der Waals surface area contributed by atoms with Crippen LogP contribution in [0.1, 0.15) is 12.8 Å². The van der Waals surface area contributed by atoms with Crippen molar-refractivity contribution in [2.24, 2.45) is 5.92 Å². The van der Waals surface area contributed by atoms with Crippen molar-refractivity contribution >= 4 is 16.5 Å². The summed E-state index contributed by atoms with van der Waals surface area (Å²) < 4.78 is 18.2. The third-order valence-corrected chi connectivity index (χ3v) is 4.73. The number of nitrogens with zero attached hydrogens (tertiary/aromatic N) is 2. The van der Waals surface area contributed by atoms with Crippen molar-refractivity contribution in [3.05, 3.63) is 35.5 Å². The maximum absolute atomic E-state index is 13.0. The lowest BCUT2D eigenvalue weighted by Gasteiger charge is -2.32. The molecule has 3 rings (SSSR count). The van der Waals surface area contributed by atoms with Gasteiger partial charge in [-0.1, -0.05) is 0 Å². The normalized spacial score (nSPS) is 19.0. The van der Waals surface area contributed by atoms with Crippen LogP contribution in [0.4, 0.5) is 9.52 Å². The summed E-state index contributed by atoms with van der Waals surface area (Å²) in [7, 11) is 1.76. The van der Waals surface area contributed by atoms with Crippen LogP contribution in [0.15, 0.2) is 29.6 Å². The van der Waals surface area contributed by atoms with Crippen molar-refractivity contribution in [3.8, 4) is 11.3 Å². The Balaban J connectivity index is 1.73. The van der Waals surface area contributed by atoms with E-state index in [1.165, 1.54) is 25.0 Å². The van der Waals surface area contributed by atoms with E-state index < -0.39 is 0 Å². The molecule has 2 heterocycles. The number of ether oxygens (including phenoxy) is 1. The van der Waals surface area contributed by atoms with Crippen molar-refractivity contribution < 1.29 is 9.13 Å². The largest absolute Gasteiger partial charge is 0.384 e. The molecule has 21 heavy (non-hydrogen) atoms. The van der Waals surface area contributed by atoms with Gasteiger partial charge in [0.05, 0.1) is 12.3 Å². The lowest BCUT2D eigenvalue weighted by atomic mass is 9.99. The molecule has 1 atom stereocenters.